The number of halogens is 1. The van der Waals surface area contributed by atoms with Crippen molar-refractivity contribution in [1.29, 1.82) is 0 Å². The van der Waals surface area contributed by atoms with Crippen LogP contribution in [0, 0.1) is 0 Å². The number of rotatable bonds is 3. The maximum Gasteiger partial charge on any atom is 0.247 e. The first-order valence-corrected chi connectivity index (χ1v) is 6.96. The fourth-order valence-electron chi connectivity index (χ4n) is 1.09. The smallest absolute Gasteiger partial charge is 0.247 e. The minimum absolute atomic E-state index is 0.0667. The van der Waals surface area contributed by atoms with Crippen LogP contribution in [0.3, 0.4) is 0 Å². The number of nitrogens with one attached hydrogen (secondary N) is 1. The Morgan fingerprint density at radius 3 is 2.62 bits per heavy atom. The number of hydrogen-bond donors (Lipinski definition) is 1. The molecule has 0 saturated carbocycles. The van der Waals surface area contributed by atoms with E-state index in [0.29, 0.717) is 4.47 Å². The van der Waals surface area contributed by atoms with Crippen LogP contribution in [0.2, 0.25) is 0 Å². The molecule has 0 saturated heterocycles. The molecule has 0 spiro atoms. The molecule has 0 radical (unpaired) electrons. The van der Waals surface area contributed by atoms with Crippen LogP contribution < -0.4 is 5.32 Å². The second-order valence-electron chi connectivity index (χ2n) is 3.11. The summed E-state index contributed by atoms with van der Waals surface area (Å²) in [4.78, 5) is 11.2. The maximum absolute atomic E-state index is 11.5. The maximum atomic E-state index is 11.5. The summed E-state index contributed by atoms with van der Waals surface area (Å²) in [7, 11) is -3.39. The van der Waals surface area contributed by atoms with Gasteiger partial charge in [0.05, 0.1) is 10.6 Å². The first kappa shape index (κ1) is 12.9. The molecular weight excluding hydrogens is 294 g/mol. The van der Waals surface area contributed by atoms with Crippen LogP contribution in [0.25, 0.3) is 0 Å². The van der Waals surface area contributed by atoms with Crippen molar-refractivity contribution in [3.8, 4) is 0 Å². The monoisotopic (exact) mass is 303 g/mol. The Morgan fingerprint density at radius 1 is 1.50 bits per heavy atom. The molecule has 0 aliphatic carbocycles. The van der Waals surface area contributed by atoms with Gasteiger partial charge < -0.3 is 5.32 Å². The number of benzene rings is 1. The van der Waals surface area contributed by atoms with E-state index in [0.717, 1.165) is 12.3 Å². The molecule has 4 nitrogen and oxygen atoms in total. The van der Waals surface area contributed by atoms with Crippen LogP contribution >= 0.6 is 15.9 Å². The third-order valence-corrected chi connectivity index (χ3v) is 3.42. The Balaban J connectivity index is 3.29. The third kappa shape index (κ3) is 3.18. The molecule has 1 amide bonds. The molecule has 0 aliphatic rings. The molecule has 0 aromatic heterocycles. The Bertz CT molecular complexity index is 537. The summed E-state index contributed by atoms with van der Waals surface area (Å²) in [6, 6.07) is 4.60. The summed E-state index contributed by atoms with van der Waals surface area (Å²) in [6.45, 7) is 3.30. The molecule has 0 fully saturated rings. The van der Waals surface area contributed by atoms with Crippen LogP contribution in [0.5, 0.6) is 0 Å². The van der Waals surface area contributed by atoms with Gasteiger partial charge >= 0.3 is 0 Å². The van der Waals surface area contributed by atoms with Crippen molar-refractivity contribution >= 4 is 37.4 Å². The lowest BCUT2D eigenvalue weighted by molar-refractivity contribution is -0.111. The molecule has 1 aromatic rings. The largest absolute Gasteiger partial charge is 0.321 e. The van der Waals surface area contributed by atoms with E-state index in [9.17, 15) is 13.2 Å². The van der Waals surface area contributed by atoms with Gasteiger partial charge in [0.15, 0.2) is 9.84 Å². The van der Waals surface area contributed by atoms with Crippen LogP contribution in [-0.4, -0.2) is 20.6 Å². The van der Waals surface area contributed by atoms with E-state index in [2.05, 4.69) is 27.8 Å². The number of sulfone groups is 1. The van der Waals surface area contributed by atoms with Crippen molar-refractivity contribution in [2.45, 2.75) is 4.90 Å². The molecule has 1 aromatic carbocycles. The Labute approximate surface area is 102 Å². The Kier molecular flexibility index (Phi) is 3.88. The molecule has 0 unspecified atom stereocenters. The molecule has 1 N–H and O–H groups in total. The normalized spacial score (nSPS) is 10.9. The van der Waals surface area contributed by atoms with E-state index in [1.165, 1.54) is 12.1 Å². The fourth-order valence-corrected chi connectivity index (χ4v) is 2.46. The van der Waals surface area contributed by atoms with Gasteiger partial charge in [-0.15, -0.1) is 0 Å². The molecule has 0 aliphatic heterocycles. The summed E-state index contributed by atoms with van der Waals surface area (Å²) in [5.41, 5.74) is 0.246. The average Bonchev–Trinajstić information content (AvgIpc) is 2.19. The van der Waals surface area contributed by atoms with Crippen molar-refractivity contribution in [2.24, 2.45) is 0 Å². The highest BCUT2D eigenvalue weighted by molar-refractivity contribution is 9.10. The quantitative estimate of drug-likeness (QED) is 0.869. The van der Waals surface area contributed by atoms with E-state index in [1.54, 1.807) is 6.07 Å². The summed E-state index contributed by atoms with van der Waals surface area (Å²) in [5, 5.41) is 2.44. The zero-order valence-corrected chi connectivity index (χ0v) is 10.9. The molecule has 0 atom stereocenters. The van der Waals surface area contributed by atoms with E-state index >= 15 is 0 Å². The van der Waals surface area contributed by atoms with E-state index in [4.69, 9.17) is 0 Å². The van der Waals surface area contributed by atoms with Crippen LogP contribution in [0.1, 0.15) is 0 Å². The summed E-state index contributed by atoms with van der Waals surface area (Å²) in [5.74, 6) is -0.452. The molecule has 86 valence electrons. The zero-order valence-electron chi connectivity index (χ0n) is 8.53. The number of anilines is 1. The van der Waals surface area contributed by atoms with Crippen LogP contribution in [-0.2, 0) is 14.6 Å². The second-order valence-corrected chi connectivity index (χ2v) is 6.01. The minimum atomic E-state index is -3.39. The molecule has 1 rings (SSSR count). The van der Waals surface area contributed by atoms with Crippen molar-refractivity contribution in [3.05, 3.63) is 35.3 Å². The van der Waals surface area contributed by atoms with Crippen molar-refractivity contribution in [3.63, 3.8) is 0 Å². The number of hydrogen-bond acceptors (Lipinski definition) is 3. The predicted molar refractivity (Wildman–Crippen MR) is 66.1 cm³/mol. The van der Waals surface area contributed by atoms with Crippen LogP contribution in [0.15, 0.2) is 40.2 Å². The van der Waals surface area contributed by atoms with Gasteiger partial charge in [0.1, 0.15) is 0 Å². The standard InChI is InChI=1S/C10H10BrNO3S/c1-3-10(13)12-8-5-4-7(11)6-9(8)16(2,14)15/h3-6H,1H2,2H3,(H,12,13). The lowest BCUT2D eigenvalue weighted by Gasteiger charge is -2.08. The molecule has 16 heavy (non-hydrogen) atoms. The molecule has 0 heterocycles. The first-order valence-electron chi connectivity index (χ1n) is 4.27. The Hall–Kier alpha value is -1.14. The van der Waals surface area contributed by atoms with Crippen LogP contribution in [0.4, 0.5) is 5.69 Å². The summed E-state index contributed by atoms with van der Waals surface area (Å²) >= 11 is 3.17. The minimum Gasteiger partial charge on any atom is -0.321 e. The molecular formula is C10H10BrNO3S. The third-order valence-electron chi connectivity index (χ3n) is 1.79. The number of amides is 1. The number of carbonyl (C=O) groups is 1. The first-order chi connectivity index (χ1) is 7.34. The van der Waals surface area contributed by atoms with Gasteiger partial charge in [-0.05, 0) is 24.3 Å². The highest BCUT2D eigenvalue weighted by Gasteiger charge is 2.14. The summed E-state index contributed by atoms with van der Waals surface area (Å²) < 4.78 is 23.6. The molecule has 0 bridgehead atoms. The second kappa shape index (κ2) is 4.80. The topological polar surface area (TPSA) is 63.2 Å². The van der Waals surface area contributed by atoms with Gasteiger partial charge in [-0.3, -0.25) is 4.79 Å². The van der Waals surface area contributed by atoms with E-state index < -0.39 is 15.7 Å². The van der Waals surface area contributed by atoms with E-state index in [-0.39, 0.29) is 10.6 Å². The molecule has 6 heteroatoms. The fraction of sp³-hybridized carbons (Fsp3) is 0.100. The van der Waals surface area contributed by atoms with Crippen molar-refractivity contribution in [1.82, 2.24) is 0 Å². The predicted octanol–water partition coefficient (Wildman–Crippen LogP) is 1.98. The zero-order chi connectivity index (χ0) is 12.3. The van der Waals surface area contributed by atoms with Gasteiger partial charge in [-0.25, -0.2) is 8.42 Å². The number of carbonyl (C=O) groups excluding carboxylic acids is 1. The van der Waals surface area contributed by atoms with E-state index in [1.807, 2.05) is 0 Å². The average molecular weight is 304 g/mol. The Morgan fingerprint density at radius 2 is 2.12 bits per heavy atom. The summed E-state index contributed by atoms with van der Waals surface area (Å²) in [6.07, 6.45) is 2.16. The van der Waals surface area contributed by atoms with Gasteiger partial charge in [0, 0.05) is 10.7 Å². The van der Waals surface area contributed by atoms with Gasteiger partial charge in [-0.1, -0.05) is 22.5 Å². The van der Waals surface area contributed by atoms with Gasteiger partial charge in [0.25, 0.3) is 0 Å². The lowest BCUT2D eigenvalue weighted by atomic mass is 10.3. The van der Waals surface area contributed by atoms with Crippen molar-refractivity contribution < 1.29 is 13.2 Å². The van der Waals surface area contributed by atoms with Crippen molar-refractivity contribution in [2.75, 3.05) is 11.6 Å². The lowest BCUT2D eigenvalue weighted by Crippen LogP contribution is -2.11. The van der Waals surface area contributed by atoms with Gasteiger partial charge in [0.2, 0.25) is 5.91 Å². The highest BCUT2D eigenvalue weighted by Crippen LogP contribution is 2.25. The highest BCUT2D eigenvalue weighted by atomic mass is 79.9. The van der Waals surface area contributed by atoms with Gasteiger partial charge in [-0.2, -0.15) is 0 Å². The SMILES string of the molecule is C=CC(=O)Nc1ccc(Br)cc1S(C)(=O)=O.